The van der Waals surface area contributed by atoms with Gasteiger partial charge in [0.2, 0.25) is 11.5 Å². The molecule has 1 aromatic carbocycles. The number of fused-ring (bicyclic) bond motifs is 3. The molecule has 4 heterocycles. The Kier molecular flexibility index (Phi) is 3.10. The molecular formula is C15H16N10. The largest absolute Gasteiger partial charge is 0.351 e. The van der Waals surface area contributed by atoms with Gasteiger partial charge in [-0.15, -0.1) is 20.4 Å². The number of tetrazole rings is 1. The molecule has 1 saturated heterocycles. The third kappa shape index (κ3) is 2.22. The van der Waals surface area contributed by atoms with Gasteiger partial charge >= 0.3 is 0 Å². The van der Waals surface area contributed by atoms with Crippen LogP contribution < -0.4 is 10.2 Å². The number of hydrogen-bond acceptors (Lipinski definition) is 8. The van der Waals surface area contributed by atoms with Crippen molar-refractivity contribution in [3.05, 3.63) is 24.0 Å². The highest BCUT2D eigenvalue weighted by Crippen LogP contribution is 2.28. The van der Waals surface area contributed by atoms with Crippen LogP contribution in [0.2, 0.25) is 0 Å². The summed E-state index contributed by atoms with van der Waals surface area (Å²) in [6, 6.07) is 4.06. The number of anilines is 1. The number of hydrogen-bond donors (Lipinski definition) is 2. The van der Waals surface area contributed by atoms with E-state index in [9.17, 15) is 0 Å². The van der Waals surface area contributed by atoms with E-state index >= 15 is 0 Å². The average Bonchev–Trinajstić information content (AvgIpc) is 3.33. The first-order chi connectivity index (χ1) is 12.3. The minimum atomic E-state index is 0.564. The average molecular weight is 336 g/mol. The second kappa shape index (κ2) is 5.45. The van der Waals surface area contributed by atoms with Crippen LogP contribution in [-0.2, 0) is 0 Å². The van der Waals surface area contributed by atoms with E-state index in [0.717, 1.165) is 59.8 Å². The molecule has 126 valence electrons. The van der Waals surface area contributed by atoms with E-state index in [1.165, 1.54) is 0 Å². The fourth-order valence-corrected chi connectivity index (χ4v) is 3.30. The molecule has 3 aromatic heterocycles. The van der Waals surface area contributed by atoms with E-state index in [1.807, 2.05) is 17.4 Å². The highest BCUT2D eigenvalue weighted by atomic mass is 15.5. The number of piperazine rings is 1. The molecule has 1 aliphatic rings. The number of aromatic nitrogens is 8. The fourth-order valence-electron chi connectivity index (χ4n) is 3.30. The topological polar surface area (TPSA) is 113 Å². The minimum Gasteiger partial charge on any atom is -0.351 e. The Balaban J connectivity index is 1.77. The Morgan fingerprint density at radius 1 is 1.12 bits per heavy atom. The van der Waals surface area contributed by atoms with Crippen LogP contribution in [0.25, 0.3) is 28.1 Å². The normalized spacial score (nSPS) is 15.3. The number of nitrogens with one attached hydrogen (secondary N) is 2. The number of aryl methyl sites for hydroxylation is 1. The van der Waals surface area contributed by atoms with E-state index in [1.54, 1.807) is 6.33 Å². The van der Waals surface area contributed by atoms with Crippen LogP contribution in [0.4, 0.5) is 5.82 Å². The molecule has 0 amide bonds. The molecule has 0 aliphatic carbocycles. The molecule has 0 radical (unpaired) electrons. The molecule has 0 saturated carbocycles. The standard InChI is InChI=1S/C15H16N10/c1-9-6-12-11(7-10(9)13-19-22-23-20-13)18-14(15-21-17-8-25(12)15)24-4-2-16-3-5-24/h6-8,16H,2-5H2,1H3,(H,19,20,22,23). The SMILES string of the molecule is Cc1cc2c(cc1-c1nn[nH]n1)nc(N1CCNCC1)c1nncn12. The molecule has 2 N–H and O–H groups in total. The first kappa shape index (κ1) is 14.2. The van der Waals surface area contributed by atoms with Crippen molar-refractivity contribution in [3.8, 4) is 11.4 Å². The van der Waals surface area contributed by atoms with Crippen LogP contribution in [0.3, 0.4) is 0 Å². The molecule has 10 heteroatoms. The number of aromatic amines is 1. The van der Waals surface area contributed by atoms with Crippen molar-refractivity contribution in [3.63, 3.8) is 0 Å². The summed E-state index contributed by atoms with van der Waals surface area (Å²) >= 11 is 0. The predicted molar refractivity (Wildman–Crippen MR) is 91.3 cm³/mol. The monoisotopic (exact) mass is 336 g/mol. The molecule has 0 atom stereocenters. The number of nitrogens with zero attached hydrogens (tertiary/aromatic N) is 8. The molecule has 1 aliphatic heterocycles. The molecular weight excluding hydrogens is 320 g/mol. The summed E-state index contributed by atoms with van der Waals surface area (Å²) in [5, 5.41) is 26.1. The Hall–Kier alpha value is -3.14. The van der Waals surface area contributed by atoms with Crippen molar-refractivity contribution >= 4 is 22.5 Å². The zero-order valence-corrected chi connectivity index (χ0v) is 13.6. The highest BCUT2D eigenvalue weighted by Gasteiger charge is 2.19. The molecule has 5 rings (SSSR count). The summed E-state index contributed by atoms with van der Waals surface area (Å²) in [5.41, 5.74) is 4.55. The van der Waals surface area contributed by atoms with Gasteiger partial charge in [0.15, 0.2) is 5.82 Å². The Labute approximate surface area is 142 Å². The smallest absolute Gasteiger partial charge is 0.205 e. The third-order valence-corrected chi connectivity index (χ3v) is 4.56. The van der Waals surface area contributed by atoms with Crippen LogP contribution in [0.1, 0.15) is 5.56 Å². The summed E-state index contributed by atoms with van der Waals surface area (Å²) in [6.07, 6.45) is 1.73. The zero-order valence-electron chi connectivity index (χ0n) is 13.6. The van der Waals surface area contributed by atoms with Crippen LogP contribution in [0.15, 0.2) is 18.5 Å². The van der Waals surface area contributed by atoms with Gasteiger partial charge in [-0.25, -0.2) is 4.98 Å². The minimum absolute atomic E-state index is 0.564. The van der Waals surface area contributed by atoms with E-state index < -0.39 is 0 Å². The van der Waals surface area contributed by atoms with Crippen LogP contribution in [0, 0.1) is 6.92 Å². The van der Waals surface area contributed by atoms with Crippen molar-refractivity contribution in [1.29, 1.82) is 0 Å². The van der Waals surface area contributed by atoms with E-state index in [-0.39, 0.29) is 0 Å². The first-order valence-corrected chi connectivity index (χ1v) is 8.15. The number of rotatable bonds is 2. The van der Waals surface area contributed by atoms with Gasteiger partial charge in [0.25, 0.3) is 0 Å². The lowest BCUT2D eigenvalue weighted by Crippen LogP contribution is -2.44. The van der Waals surface area contributed by atoms with Crippen LogP contribution >= 0.6 is 0 Å². The molecule has 0 unspecified atom stereocenters. The molecule has 0 bridgehead atoms. The lowest BCUT2D eigenvalue weighted by molar-refractivity contribution is 0.586. The summed E-state index contributed by atoms with van der Waals surface area (Å²) < 4.78 is 1.99. The molecule has 4 aromatic rings. The van der Waals surface area contributed by atoms with Crippen molar-refractivity contribution in [1.82, 2.24) is 45.5 Å². The Morgan fingerprint density at radius 3 is 2.80 bits per heavy atom. The zero-order chi connectivity index (χ0) is 16.8. The van der Waals surface area contributed by atoms with Crippen molar-refractivity contribution < 1.29 is 0 Å². The summed E-state index contributed by atoms with van der Waals surface area (Å²) in [7, 11) is 0. The van der Waals surface area contributed by atoms with Gasteiger partial charge in [-0.3, -0.25) is 4.40 Å². The lowest BCUT2D eigenvalue weighted by Gasteiger charge is -2.28. The van der Waals surface area contributed by atoms with Gasteiger partial charge in [0.05, 0.1) is 11.0 Å². The fraction of sp³-hybridized carbons (Fsp3) is 0.333. The number of H-pyrrole nitrogens is 1. The van der Waals surface area contributed by atoms with Crippen LogP contribution in [0.5, 0.6) is 0 Å². The van der Waals surface area contributed by atoms with Crippen molar-refractivity contribution in [2.45, 2.75) is 6.92 Å². The summed E-state index contributed by atoms with van der Waals surface area (Å²) in [4.78, 5) is 7.14. The Morgan fingerprint density at radius 2 is 2.00 bits per heavy atom. The molecule has 25 heavy (non-hydrogen) atoms. The van der Waals surface area contributed by atoms with Gasteiger partial charge in [0, 0.05) is 31.7 Å². The maximum Gasteiger partial charge on any atom is 0.205 e. The van der Waals surface area contributed by atoms with E-state index in [2.05, 4.69) is 47.1 Å². The summed E-state index contributed by atoms with van der Waals surface area (Å²) in [6.45, 7) is 5.67. The van der Waals surface area contributed by atoms with Gasteiger partial charge in [-0.05, 0) is 29.8 Å². The summed E-state index contributed by atoms with van der Waals surface area (Å²) in [5.74, 6) is 1.42. The molecule has 1 fully saturated rings. The van der Waals surface area contributed by atoms with Crippen molar-refractivity contribution in [2.75, 3.05) is 31.1 Å². The predicted octanol–water partition coefficient (Wildman–Crippen LogP) is 0.176. The van der Waals surface area contributed by atoms with E-state index in [0.29, 0.717) is 5.82 Å². The molecule has 10 nitrogen and oxygen atoms in total. The van der Waals surface area contributed by atoms with E-state index in [4.69, 9.17) is 4.98 Å². The number of benzene rings is 1. The first-order valence-electron chi connectivity index (χ1n) is 8.15. The second-order valence-electron chi connectivity index (χ2n) is 6.09. The van der Waals surface area contributed by atoms with Gasteiger partial charge < -0.3 is 10.2 Å². The third-order valence-electron chi connectivity index (χ3n) is 4.56. The lowest BCUT2D eigenvalue weighted by atomic mass is 10.1. The van der Waals surface area contributed by atoms with Gasteiger partial charge in [-0.2, -0.15) is 5.21 Å². The van der Waals surface area contributed by atoms with Gasteiger partial charge in [0.1, 0.15) is 6.33 Å². The molecule has 0 spiro atoms. The second-order valence-corrected chi connectivity index (χ2v) is 6.09. The van der Waals surface area contributed by atoms with Crippen molar-refractivity contribution in [2.24, 2.45) is 0 Å². The highest BCUT2D eigenvalue weighted by molar-refractivity contribution is 5.87. The quantitative estimate of drug-likeness (QED) is 0.533. The Bertz CT molecular complexity index is 1050. The maximum atomic E-state index is 4.90. The maximum absolute atomic E-state index is 4.90. The van der Waals surface area contributed by atoms with Crippen LogP contribution in [-0.4, -0.2) is 66.4 Å². The van der Waals surface area contributed by atoms with Gasteiger partial charge in [-0.1, -0.05) is 0 Å².